The molecule has 2 unspecified atom stereocenters. The van der Waals surface area contributed by atoms with Gasteiger partial charge in [0.15, 0.2) is 0 Å². The molecule has 0 aliphatic carbocycles. The molecule has 16 heavy (non-hydrogen) atoms. The Kier molecular flexibility index (Phi) is 4.77. The predicted molar refractivity (Wildman–Crippen MR) is 64.6 cm³/mol. The Bertz CT molecular complexity index is 434. The zero-order chi connectivity index (χ0) is 12.3. The lowest BCUT2D eigenvalue weighted by molar-refractivity contribution is -0.136. The van der Waals surface area contributed by atoms with Crippen LogP contribution in [0.5, 0.6) is 0 Å². The van der Waals surface area contributed by atoms with Crippen LogP contribution in [0.4, 0.5) is 0 Å². The fourth-order valence-electron chi connectivity index (χ4n) is 1.16. The van der Waals surface area contributed by atoms with Gasteiger partial charge >= 0.3 is 5.97 Å². The number of halogens is 2. The maximum Gasteiger partial charge on any atom is 0.304 e. The Morgan fingerprint density at radius 3 is 2.56 bits per heavy atom. The van der Waals surface area contributed by atoms with E-state index in [0.717, 1.165) is 0 Å². The first-order valence-corrected chi connectivity index (χ1v) is 6.46. The molecule has 1 N–H and O–H groups in total. The van der Waals surface area contributed by atoms with Gasteiger partial charge in [-0.1, -0.05) is 23.2 Å². The molecular weight excluding hydrogens is 271 g/mol. The van der Waals surface area contributed by atoms with E-state index in [1.165, 1.54) is 6.07 Å². The Balaban J connectivity index is 2.88. The highest BCUT2D eigenvalue weighted by Crippen LogP contribution is 2.25. The van der Waals surface area contributed by atoms with Crippen molar-refractivity contribution in [1.29, 1.82) is 0 Å². The van der Waals surface area contributed by atoms with E-state index in [2.05, 4.69) is 0 Å². The van der Waals surface area contributed by atoms with Gasteiger partial charge < -0.3 is 5.11 Å². The van der Waals surface area contributed by atoms with Gasteiger partial charge in [-0.3, -0.25) is 9.00 Å². The lowest BCUT2D eigenvalue weighted by atomic mass is 10.3. The Hall–Kier alpha value is -0.580. The second kappa shape index (κ2) is 5.66. The molecule has 88 valence electrons. The SMILES string of the molecule is CC(CC(=O)O)S(=O)c1ccc(Cl)c(Cl)c1. The highest BCUT2D eigenvalue weighted by molar-refractivity contribution is 7.85. The van der Waals surface area contributed by atoms with E-state index >= 15 is 0 Å². The summed E-state index contributed by atoms with van der Waals surface area (Å²) < 4.78 is 11.9. The van der Waals surface area contributed by atoms with Gasteiger partial charge in [-0.25, -0.2) is 0 Å². The van der Waals surface area contributed by atoms with Gasteiger partial charge in [-0.15, -0.1) is 0 Å². The van der Waals surface area contributed by atoms with Gasteiger partial charge in [-0.2, -0.15) is 0 Å². The van der Waals surface area contributed by atoms with Gasteiger partial charge in [0.2, 0.25) is 0 Å². The van der Waals surface area contributed by atoms with Crippen LogP contribution in [0.2, 0.25) is 10.0 Å². The number of benzene rings is 1. The van der Waals surface area contributed by atoms with Crippen molar-refractivity contribution in [3.63, 3.8) is 0 Å². The average molecular weight is 281 g/mol. The van der Waals surface area contributed by atoms with Crippen LogP contribution in [0.25, 0.3) is 0 Å². The summed E-state index contributed by atoms with van der Waals surface area (Å²) in [5, 5.41) is 8.83. The first kappa shape index (κ1) is 13.5. The quantitative estimate of drug-likeness (QED) is 0.923. The molecule has 1 aromatic rings. The number of rotatable bonds is 4. The number of carbonyl (C=O) groups is 1. The highest BCUT2D eigenvalue weighted by Gasteiger charge is 2.17. The molecule has 2 atom stereocenters. The van der Waals surface area contributed by atoms with Crippen LogP contribution in [0.15, 0.2) is 23.1 Å². The summed E-state index contributed by atoms with van der Waals surface area (Å²) in [7, 11) is -1.39. The minimum atomic E-state index is -1.39. The molecule has 0 aromatic heterocycles. The van der Waals surface area contributed by atoms with Crippen molar-refractivity contribution in [2.75, 3.05) is 0 Å². The summed E-state index contributed by atoms with van der Waals surface area (Å²) in [5.74, 6) is -0.971. The third-order valence-electron chi connectivity index (χ3n) is 1.95. The summed E-state index contributed by atoms with van der Waals surface area (Å²) in [6.07, 6.45) is -0.146. The predicted octanol–water partition coefficient (Wildman–Crippen LogP) is 2.96. The molecule has 0 fully saturated rings. The molecule has 0 aliphatic rings. The van der Waals surface area contributed by atoms with Crippen LogP contribution < -0.4 is 0 Å². The summed E-state index contributed by atoms with van der Waals surface area (Å²) in [6.45, 7) is 1.62. The van der Waals surface area contributed by atoms with Crippen molar-refractivity contribution in [3.05, 3.63) is 28.2 Å². The van der Waals surface area contributed by atoms with Crippen LogP contribution in [0.1, 0.15) is 13.3 Å². The standard InChI is InChI=1S/C10H10Cl2O3S/c1-6(4-10(13)14)16(15)7-2-3-8(11)9(12)5-7/h2-3,5-6H,4H2,1H3,(H,13,14). The first-order chi connectivity index (χ1) is 7.41. The number of hydrogen-bond acceptors (Lipinski definition) is 2. The Morgan fingerprint density at radius 2 is 2.06 bits per heavy atom. The Morgan fingerprint density at radius 1 is 1.44 bits per heavy atom. The molecule has 0 amide bonds. The van der Waals surface area contributed by atoms with E-state index < -0.39 is 22.0 Å². The Labute approximate surface area is 106 Å². The molecule has 0 saturated carbocycles. The third kappa shape index (κ3) is 3.47. The minimum Gasteiger partial charge on any atom is -0.481 e. The van der Waals surface area contributed by atoms with Crippen molar-refractivity contribution in [2.24, 2.45) is 0 Å². The molecule has 6 heteroatoms. The van der Waals surface area contributed by atoms with Crippen molar-refractivity contribution in [3.8, 4) is 0 Å². The van der Waals surface area contributed by atoms with Crippen molar-refractivity contribution >= 4 is 40.0 Å². The zero-order valence-electron chi connectivity index (χ0n) is 8.44. The number of hydrogen-bond donors (Lipinski definition) is 1. The van der Waals surface area contributed by atoms with Crippen LogP contribution in [-0.2, 0) is 15.6 Å². The molecule has 0 radical (unpaired) electrons. The van der Waals surface area contributed by atoms with E-state index in [1.54, 1.807) is 19.1 Å². The zero-order valence-corrected chi connectivity index (χ0v) is 10.8. The molecule has 1 rings (SSSR count). The van der Waals surface area contributed by atoms with Crippen LogP contribution in [0, 0.1) is 0 Å². The lowest BCUT2D eigenvalue weighted by Gasteiger charge is -2.09. The van der Waals surface area contributed by atoms with Gasteiger partial charge in [0.25, 0.3) is 0 Å². The second-order valence-electron chi connectivity index (χ2n) is 3.28. The molecule has 0 aliphatic heterocycles. The van der Waals surface area contributed by atoms with Crippen LogP contribution in [0.3, 0.4) is 0 Å². The topological polar surface area (TPSA) is 54.4 Å². The largest absolute Gasteiger partial charge is 0.481 e. The number of carboxylic acids is 1. The summed E-state index contributed by atoms with van der Waals surface area (Å²) in [4.78, 5) is 11.0. The fourth-order valence-corrected chi connectivity index (χ4v) is 2.71. The van der Waals surface area contributed by atoms with Crippen molar-refractivity contribution in [2.45, 2.75) is 23.5 Å². The molecule has 0 spiro atoms. The van der Waals surface area contributed by atoms with E-state index in [-0.39, 0.29) is 6.42 Å². The molecular formula is C10H10Cl2O3S. The molecule has 3 nitrogen and oxygen atoms in total. The molecule has 0 heterocycles. The van der Waals surface area contributed by atoms with Gasteiger partial charge in [0.1, 0.15) is 0 Å². The fraction of sp³-hybridized carbons (Fsp3) is 0.300. The molecule has 0 saturated heterocycles. The third-order valence-corrected chi connectivity index (χ3v) is 4.31. The van der Waals surface area contributed by atoms with E-state index in [9.17, 15) is 9.00 Å². The summed E-state index contributed by atoms with van der Waals surface area (Å²) in [5.41, 5.74) is 0. The van der Waals surface area contributed by atoms with Crippen LogP contribution in [-0.4, -0.2) is 20.5 Å². The van der Waals surface area contributed by atoms with E-state index in [4.69, 9.17) is 28.3 Å². The van der Waals surface area contributed by atoms with Gasteiger partial charge in [0, 0.05) is 10.1 Å². The highest BCUT2D eigenvalue weighted by atomic mass is 35.5. The lowest BCUT2D eigenvalue weighted by Crippen LogP contribution is -2.15. The maximum atomic E-state index is 11.9. The van der Waals surface area contributed by atoms with E-state index in [1.807, 2.05) is 0 Å². The van der Waals surface area contributed by atoms with Crippen LogP contribution >= 0.6 is 23.2 Å². The van der Waals surface area contributed by atoms with Crippen molar-refractivity contribution < 1.29 is 14.1 Å². The summed E-state index contributed by atoms with van der Waals surface area (Å²) in [6, 6.07) is 4.63. The van der Waals surface area contributed by atoms with Crippen molar-refractivity contribution in [1.82, 2.24) is 0 Å². The number of carboxylic acid groups (broad SMARTS) is 1. The second-order valence-corrected chi connectivity index (χ2v) is 5.97. The molecule has 0 bridgehead atoms. The monoisotopic (exact) mass is 280 g/mol. The smallest absolute Gasteiger partial charge is 0.304 e. The number of aliphatic carboxylic acids is 1. The normalized spacial score (nSPS) is 14.4. The minimum absolute atomic E-state index is 0.146. The maximum absolute atomic E-state index is 11.9. The summed E-state index contributed by atoms with van der Waals surface area (Å²) >= 11 is 11.5. The van der Waals surface area contributed by atoms with Gasteiger partial charge in [-0.05, 0) is 25.1 Å². The first-order valence-electron chi connectivity index (χ1n) is 4.49. The molecule has 1 aromatic carbocycles. The van der Waals surface area contributed by atoms with Gasteiger partial charge in [0.05, 0.1) is 27.3 Å². The van der Waals surface area contributed by atoms with E-state index in [0.29, 0.717) is 14.9 Å². The average Bonchev–Trinajstić information content (AvgIpc) is 2.20.